The number of rotatable bonds is 3. The third-order valence-electron chi connectivity index (χ3n) is 2.00. The minimum atomic E-state index is -0.440. The highest BCUT2D eigenvalue weighted by atomic mass is 16.1. The smallest absolute Gasteiger partial charge is 0.167 e. The van der Waals surface area contributed by atoms with E-state index >= 15 is 0 Å². The lowest BCUT2D eigenvalue weighted by molar-refractivity contribution is 0.104. The number of hydrogen-bond donors (Lipinski definition) is 0. The van der Waals surface area contributed by atoms with Crippen molar-refractivity contribution >= 4 is 5.78 Å². The van der Waals surface area contributed by atoms with Gasteiger partial charge in [-0.05, 0) is 12.1 Å². The van der Waals surface area contributed by atoms with Gasteiger partial charge in [0, 0.05) is 31.1 Å². The number of imidazole rings is 1. The Kier molecular flexibility index (Phi) is 2.58. The van der Waals surface area contributed by atoms with Gasteiger partial charge in [0.25, 0.3) is 0 Å². The minimum absolute atomic E-state index is 0.440. The molecule has 0 aliphatic rings. The maximum atomic E-state index is 10.9. The number of hydrogen-bond acceptors (Lipinski definition) is 3. The summed E-state index contributed by atoms with van der Waals surface area (Å²) in [6.45, 7) is 5.75. The van der Waals surface area contributed by atoms with Crippen LogP contribution in [0.1, 0.15) is 16.1 Å². The molecule has 2 aromatic heterocycles. The van der Waals surface area contributed by atoms with Crippen LogP contribution in [0.2, 0.25) is 0 Å². The first kappa shape index (κ1) is 9.58. The Hall–Kier alpha value is -1.97. The SMILES string of the molecule is [CH]C(=O)c1ccnc(Cn2ccnc2)c1. The van der Waals surface area contributed by atoms with Crippen LogP contribution >= 0.6 is 0 Å². The lowest BCUT2D eigenvalue weighted by Crippen LogP contribution is -2.01. The van der Waals surface area contributed by atoms with Crippen molar-refractivity contribution in [3.8, 4) is 0 Å². The van der Waals surface area contributed by atoms with Gasteiger partial charge < -0.3 is 4.57 Å². The van der Waals surface area contributed by atoms with Gasteiger partial charge in [-0.1, -0.05) is 0 Å². The van der Waals surface area contributed by atoms with E-state index in [0.717, 1.165) is 5.69 Å². The van der Waals surface area contributed by atoms with Gasteiger partial charge >= 0.3 is 0 Å². The van der Waals surface area contributed by atoms with E-state index in [1.54, 1.807) is 30.9 Å². The van der Waals surface area contributed by atoms with Crippen LogP contribution in [0.15, 0.2) is 37.1 Å². The number of pyridine rings is 1. The Morgan fingerprint density at radius 1 is 1.47 bits per heavy atom. The highest BCUT2D eigenvalue weighted by molar-refractivity contribution is 5.99. The average Bonchev–Trinajstić information content (AvgIpc) is 2.71. The van der Waals surface area contributed by atoms with Gasteiger partial charge in [0.15, 0.2) is 5.78 Å². The Balaban J connectivity index is 2.22. The molecule has 0 unspecified atom stereocenters. The van der Waals surface area contributed by atoms with E-state index in [2.05, 4.69) is 9.97 Å². The molecule has 2 radical (unpaired) electrons. The number of carbonyl (C=O) groups is 1. The second-order valence-electron chi connectivity index (χ2n) is 3.14. The van der Waals surface area contributed by atoms with Crippen molar-refractivity contribution in [2.75, 3.05) is 0 Å². The Morgan fingerprint density at radius 3 is 3.00 bits per heavy atom. The summed E-state index contributed by atoms with van der Waals surface area (Å²) in [4.78, 5) is 19.0. The molecule has 0 N–H and O–H groups in total. The van der Waals surface area contributed by atoms with Gasteiger partial charge in [0.2, 0.25) is 0 Å². The Morgan fingerprint density at radius 2 is 2.33 bits per heavy atom. The molecule has 15 heavy (non-hydrogen) atoms. The first-order valence-corrected chi connectivity index (χ1v) is 4.46. The molecule has 0 spiro atoms. The normalized spacial score (nSPS) is 10.2. The fraction of sp³-hybridized carbons (Fsp3) is 0.0909. The summed E-state index contributed by atoms with van der Waals surface area (Å²) in [6, 6.07) is 3.28. The zero-order chi connectivity index (χ0) is 10.7. The average molecular weight is 199 g/mol. The fourth-order valence-electron chi connectivity index (χ4n) is 1.29. The fourth-order valence-corrected chi connectivity index (χ4v) is 1.29. The molecule has 0 atom stereocenters. The van der Waals surface area contributed by atoms with E-state index in [4.69, 9.17) is 6.92 Å². The molecule has 0 fully saturated rings. The molecule has 4 nitrogen and oxygen atoms in total. The quantitative estimate of drug-likeness (QED) is 0.698. The third kappa shape index (κ3) is 2.28. The molecule has 0 aromatic carbocycles. The number of ketones is 1. The van der Waals surface area contributed by atoms with Crippen molar-refractivity contribution in [2.24, 2.45) is 0 Å². The van der Waals surface area contributed by atoms with Crippen LogP contribution in [0.3, 0.4) is 0 Å². The Labute approximate surface area is 87.6 Å². The first-order valence-electron chi connectivity index (χ1n) is 4.46. The first-order chi connectivity index (χ1) is 7.25. The van der Waals surface area contributed by atoms with Crippen LogP contribution in [0.5, 0.6) is 0 Å². The standard InChI is InChI=1S/C11H9N3O/c1-9(15)10-2-3-13-11(6-10)7-14-5-4-12-8-14/h1-6,8H,7H2. The van der Waals surface area contributed by atoms with Crippen molar-refractivity contribution in [1.29, 1.82) is 0 Å². The van der Waals surface area contributed by atoms with Crippen molar-refractivity contribution in [3.05, 3.63) is 55.2 Å². The molecule has 2 rings (SSSR count). The van der Waals surface area contributed by atoms with E-state index in [-0.39, 0.29) is 0 Å². The molecule has 0 saturated carbocycles. The van der Waals surface area contributed by atoms with Gasteiger partial charge in [0.05, 0.1) is 18.6 Å². The van der Waals surface area contributed by atoms with E-state index in [1.807, 2.05) is 10.8 Å². The molecule has 0 saturated heterocycles. The largest absolute Gasteiger partial charge is 0.331 e. The molecule has 74 valence electrons. The molecule has 0 aliphatic carbocycles. The number of carbonyl (C=O) groups excluding carboxylic acids is 1. The zero-order valence-corrected chi connectivity index (χ0v) is 8.00. The van der Waals surface area contributed by atoms with Gasteiger partial charge in [0.1, 0.15) is 0 Å². The van der Waals surface area contributed by atoms with E-state index in [1.165, 1.54) is 0 Å². The predicted molar refractivity (Wildman–Crippen MR) is 54.2 cm³/mol. The Bertz CT molecular complexity index is 462. The highest BCUT2D eigenvalue weighted by Gasteiger charge is 2.02. The van der Waals surface area contributed by atoms with Gasteiger partial charge in [-0.25, -0.2) is 4.98 Å². The molecule has 4 heteroatoms. The van der Waals surface area contributed by atoms with E-state index < -0.39 is 5.78 Å². The van der Waals surface area contributed by atoms with Gasteiger partial charge in [-0.3, -0.25) is 9.78 Å². The highest BCUT2D eigenvalue weighted by Crippen LogP contribution is 2.04. The van der Waals surface area contributed by atoms with Crippen molar-refractivity contribution in [3.63, 3.8) is 0 Å². The summed E-state index contributed by atoms with van der Waals surface area (Å²) in [7, 11) is 0. The topological polar surface area (TPSA) is 47.8 Å². The maximum absolute atomic E-state index is 10.9. The van der Waals surface area contributed by atoms with E-state index in [9.17, 15) is 4.79 Å². The van der Waals surface area contributed by atoms with Crippen LogP contribution in [0, 0.1) is 6.92 Å². The number of nitrogens with zero attached hydrogens (tertiary/aromatic N) is 3. The van der Waals surface area contributed by atoms with Crippen molar-refractivity contribution < 1.29 is 4.79 Å². The lowest BCUT2D eigenvalue weighted by Gasteiger charge is -2.02. The lowest BCUT2D eigenvalue weighted by atomic mass is 10.1. The molecule has 0 amide bonds. The molecular weight excluding hydrogens is 190 g/mol. The van der Waals surface area contributed by atoms with Crippen LogP contribution in [0.4, 0.5) is 0 Å². The van der Waals surface area contributed by atoms with E-state index in [0.29, 0.717) is 12.1 Å². The summed E-state index contributed by atoms with van der Waals surface area (Å²) >= 11 is 0. The number of Topliss-reactive ketones (excluding diaryl/α,β-unsaturated/α-hetero) is 1. The second kappa shape index (κ2) is 4.04. The monoisotopic (exact) mass is 199 g/mol. The zero-order valence-electron chi connectivity index (χ0n) is 8.00. The summed E-state index contributed by atoms with van der Waals surface area (Å²) < 4.78 is 1.87. The third-order valence-corrected chi connectivity index (χ3v) is 2.00. The van der Waals surface area contributed by atoms with Crippen molar-refractivity contribution in [2.45, 2.75) is 6.54 Å². The summed E-state index contributed by atoms with van der Waals surface area (Å²) in [5.41, 5.74) is 1.25. The maximum Gasteiger partial charge on any atom is 0.167 e. The molecule has 0 aliphatic heterocycles. The summed E-state index contributed by atoms with van der Waals surface area (Å²) in [6.07, 6.45) is 6.79. The molecular formula is C11H9N3O. The number of aromatic nitrogens is 3. The van der Waals surface area contributed by atoms with Crippen LogP contribution in [0.25, 0.3) is 0 Å². The summed E-state index contributed by atoms with van der Waals surface area (Å²) in [5.74, 6) is -0.440. The molecule has 0 bridgehead atoms. The van der Waals surface area contributed by atoms with Crippen LogP contribution in [-0.2, 0) is 6.54 Å². The predicted octanol–water partition coefficient (Wildman–Crippen LogP) is 1.22. The second-order valence-corrected chi connectivity index (χ2v) is 3.14. The van der Waals surface area contributed by atoms with Gasteiger partial charge in [-0.15, -0.1) is 0 Å². The molecule has 2 aromatic rings. The van der Waals surface area contributed by atoms with Gasteiger partial charge in [-0.2, -0.15) is 0 Å². The minimum Gasteiger partial charge on any atom is -0.331 e. The van der Waals surface area contributed by atoms with Crippen molar-refractivity contribution in [1.82, 2.24) is 14.5 Å². The van der Waals surface area contributed by atoms with Crippen LogP contribution < -0.4 is 0 Å². The summed E-state index contributed by atoms with van der Waals surface area (Å²) in [5, 5.41) is 0. The van der Waals surface area contributed by atoms with Crippen LogP contribution in [-0.4, -0.2) is 20.3 Å². The molecule has 2 heterocycles.